The van der Waals surface area contributed by atoms with Gasteiger partial charge >= 0.3 is 0 Å². The van der Waals surface area contributed by atoms with Gasteiger partial charge in [0.1, 0.15) is 17.2 Å². The number of nitrogens with one attached hydrogen (secondary N) is 1. The lowest BCUT2D eigenvalue weighted by Crippen LogP contribution is -2.29. The second kappa shape index (κ2) is 6.38. The fourth-order valence-electron chi connectivity index (χ4n) is 1.82. The number of thioether (sulfide) groups is 1. The van der Waals surface area contributed by atoms with Crippen molar-refractivity contribution in [3.63, 3.8) is 0 Å². The summed E-state index contributed by atoms with van der Waals surface area (Å²) < 4.78 is 0.812. The predicted molar refractivity (Wildman–Crippen MR) is 75.8 cm³/mol. The highest BCUT2D eigenvalue weighted by molar-refractivity contribution is 9.10. The molecule has 0 bridgehead atoms. The van der Waals surface area contributed by atoms with Crippen molar-refractivity contribution in [2.24, 2.45) is 0 Å². The van der Waals surface area contributed by atoms with Crippen LogP contribution in [-0.2, 0) is 4.79 Å². The minimum Gasteiger partial charge on any atom is -0.372 e. The van der Waals surface area contributed by atoms with Gasteiger partial charge in [-0.25, -0.2) is 9.97 Å². The van der Waals surface area contributed by atoms with Gasteiger partial charge in [-0.15, -0.1) is 0 Å². The lowest BCUT2D eigenvalue weighted by Gasteiger charge is -2.14. The van der Waals surface area contributed by atoms with Crippen LogP contribution in [0.4, 0.5) is 5.82 Å². The van der Waals surface area contributed by atoms with Crippen molar-refractivity contribution in [3.05, 3.63) is 10.8 Å². The van der Waals surface area contributed by atoms with Gasteiger partial charge in [0, 0.05) is 20.1 Å². The molecule has 1 aliphatic heterocycles. The molecule has 0 aliphatic carbocycles. The fourth-order valence-corrected chi connectivity index (χ4v) is 3.35. The summed E-state index contributed by atoms with van der Waals surface area (Å²) in [7, 11) is 1.80. The van der Waals surface area contributed by atoms with Gasteiger partial charge in [0.15, 0.2) is 0 Å². The van der Waals surface area contributed by atoms with Gasteiger partial charge in [-0.3, -0.25) is 4.79 Å². The summed E-state index contributed by atoms with van der Waals surface area (Å²) in [5, 5.41) is 3.77. The van der Waals surface area contributed by atoms with Gasteiger partial charge < -0.3 is 10.2 Å². The van der Waals surface area contributed by atoms with Crippen LogP contribution in [-0.4, -0.2) is 46.7 Å². The van der Waals surface area contributed by atoms with E-state index in [0.717, 1.165) is 41.2 Å². The van der Waals surface area contributed by atoms with Gasteiger partial charge in [-0.05, 0) is 28.8 Å². The lowest BCUT2D eigenvalue weighted by atomic mass is 10.4. The van der Waals surface area contributed by atoms with Crippen LogP contribution in [0.1, 0.15) is 12.8 Å². The Morgan fingerprint density at radius 3 is 2.89 bits per heavy atom. The summed E-state index contributed by atoms with van der Waals surface area (Å²) in [5.41, 5.74) is 0. The Kier molecular flexibility index (Phi) is 4.82. The zero-order chi connectivity index (χ0) is 13.0. The monoisotopic (exact) mass is 330 g/mol. The average molecular weight is 331 g/mol. The molecule has 0 atom stereocenters. The van der Waals surface area contributed by atoms with Crippen LogP contribution in [0.2, 0.25) is 0 Å². The van der Waals surface area contributed by atoms with E-state index >= 15 is 0 Å². The standard InChI is InChI=1S/C11H15BrN4OS/c1-13-10-9(12)11(15-7-14-10)18-6-8(17)16-4-2-3-5-16/h7H,2-6H2,1H3,(H,13,14,15). The number of aromatic nitrogens is 2. The smallest absolute Gasteiger partial charge is 0.232 e. The van der Waals surface area contributed by atoms with Crippen molar-refractivity contribution >= 4 is 39.4 Å². The molecule has 1 aliphatic rings. The van der Waals surface area contributed by atoms with Crippen LogP contribution in [0.3, 0.4) is 0 Å². The van der Waals surface area contributed by atoms with Crippen molar-refractivity contribution in [1.29, 1.82) is 0 Å². The number of rotatable bonds is 4. The summed E-state index contributed by atoms with van der Waals surface area (Å²) in [6.07, 6.45) is 3.74. The first kappa shape index (κ1) is 13.6. The number of carbonyl (C=O) groups excluding carboxylic acids is 1. The maximum Gasteiger partial charge on any atom is 0.232 e. The van der Waals surface area contributed by atoms with Crippen LogP contribution in [0.5, 0.6) is 0 Å². The Morgan fingerprint density at radius 2 is 2.22 bits per heavy atom. The maximum absolute atomic E-state index is 11.9. The first-order chi connectivity index (χ1) is 8.72. The Hall–Kier alpha value is -0.820. The zero-order valence-corrected chi connectivity index (χ0v) is 12.6. The second-order valence-electron chi connectivity index (χ2n) is 3.97. The van der Waals surface area contributed by atoms with Crippen molar-refractivity contribution < 1.29 is 4.79 Å². The van der Waals surface area contributed by atoms with Crippen molar-refractivity contribution in [2.45, 2.75) is 17.9 Å². The Balaban J connectivity index is 1.95. The van der Waals surface area contributed by atoms with E-state index in [4.69, 9.17) is 0 Å². The third kappa shape index (κ3) is 3.14. The van der Waals surface area contributed by atoms with E-state index in [-0.39, 0.29) is 5.91 Å². The van der Waals surface area contributed by atoms with Gasteiger partial charge in [-0.2, -0.15) is 0 Å². The molecule has 2 rings (SSSR count). The number of halogens is 1. The third-order valence-corrected chi connectivity index (χ3v) is 4.77. The zero-order valence-electron chi connectivity index (χ0n) is 10.1. The van der Waals surface area contributed by atoms with E-state index in [0.29, 0.717) is 5.75 Å². The van der Waals surface area contributed by atoms with Crippen LogP contribution >= 0.6 is 27.7 Å². The number of anilines is 1. The molecule has 98 valence electrons. The summed E-state index contributed by atoms with van der Waals surface area (Å²) in [4.78, 5) is 22.1. The number of hydrogen-bond acceptors (Lipinski definition) is 5. The number of amides is 1. The summed E-state index contributed by atoms with van der Waals surface area (Å²) >= 11 is 4.88. The van der Waals surface area contributed by atoms with E-state index < -0.39 is 0 Å². The molecule has 0 unspecified atom stereocenters. The van der Waals surface area contributed by atoms with E-state index in [1.54, 1.807) is 7.05 Å². The highest BCUT2D eigenvalue weighted by atomic mass is 79.9. The van der Waals surface area contributed by atoms with E-state index in [2.05, 4.69) is 31.2 Å². The van der Waals surface area contributed by atoms with E-state index in [1.165, 1.54) is 18.1 Å². The van der Waals surface area contributed by atoms with Crippen molar-refractivity contribution in [2.75, 3.05) is 31.2 Å². The van der Waals surface area contributed by atoms with Crippen LogP contribution in [0, 0.1) is 0 Å². The second-order valence-corrected chi connectivity index (χ2v) is 5.73. The molecule has 1 amide bonds. The van der Waals surface area contributed by atoms with Gasteiger partial charge in [0.2, 0.25) is 5.91 Å². The van der Waals surface area contributed by atoms with Crippen LogP contribution in [0.25, 0.3) is 0 Å². The van der Waals surface area contributed by atoms with Crippen LogP contribution < -0.4 is 5.32 Å². The highest BCUT2D eigenvalue weighted by Gasteiger charge is 2.18. The Bertz CT molecular complexity index is 437. The first-order valence-corrected chi connectivity index (χ1v) is 7.59. The minimum absolute atomic E-state index is 0.189. The summed E-state index contributed by atoms with van der Waals surface area (Å²) in [6.45, 7) is 1.79. The van der Waals surface area contributed by atoms with Gasteiger partial charge in [-0.1, -0.05) is 11.8 Å². The maximum atomic E-state index is 11.9. The third-order valence-electron chi connectivity index (χ3n) is 2.79. The predicted octanol–water partition coefficient (Wildman–Crippen LogP) is 2.00. The Labute approximate surface area is 119 Å². The molecule has 7 heteroatoms. The minimum atomic E-state index is 0.189. The summed E-state index contributed by atoms with van der Waals surface area (Å²) in [6, 6.07) is 0. The fraction of sp³-hybridized carbons (Fsp3) is 0.545. The van der Waals surface area contributed by atoms with Crippen molar-refractivity contribution in [1.82, 2.24) is 14.9 Å². The quantitative estimate of drug-likeness (QED) is 0.675. The molecule has 1 aromatic heterocycles. The number of likely N-dealkylation sites (tertiary alicyclic amines) is 1. The summed E-state index contributed by atoms with van der Waals surface area (Å²) in [5.74, 6) is 1.36. The molecule has 0 spiro atoms. The molecule has 0 radical (unpaired) electrons. The Morgan fingerprint density at radius 1 is 1.50 bits per heavy atom. The molecule has 1 N–H and O–H groups in total. The molecule has 1 saturated heterocycles. The molecule has 0 saturated carbocycles. The normalized spacial score (nSPS) is 14.9. The molecule has 1 fully saturated rings. The molecule has 1 aromatic rings. The number of nitrogens with zero attached hydrogens (tertiary/aromatic N) is 3. The lowest BCUT2D eigenvalue weighted by molar-refractivity contribution is -0.127. The number of hydrogen-bond donors (Lipinski definition) is 1. The molecular formula is C11H15BrN4OS. The largest absolute Gasteiger partial charge is 0.372 e. The SMILES string of the molecule is CNc1ncnc(SCC(=O)N2CCCC2)c1Br. The topological polar surface area (TPSA) is 58.1 Å². The van der Waals surface area contributed by atoms with Gasteiger partial charge in [0.25, 0.3) is 0 Å². The molecule has 2 heterocycles. The number of carbonyl (C=O) groups is 1. The van der Waals surface area contributed by atoms with Crippen LogP contribution in [0.15, 0.2) is 15.8 Å². The van der Waals surface area contributed by atoms with E-state index in [1.807, 2.05) is 4.90 Å². The molecular weight excluding hydrogens is 316 g/mol. The molecule has 5 nitrogen and oxygen atoms in total. The highest BCUT2D eigenvalue weighted by Crippen LogP contribution is 2.30. The average Bonchev–Trinajstić information content (AvgIpc) is 2.91. The molecule has 0 aromatic carbocycles. The van der Waals surface area contributed by atoms with E-state index in [9.17, 15) is 4.79 Å². The van der Waals surface area contributed by atoms with Gasteiger partial charge in [0.05, 0.1) is 10.2 Å². The molecule has 18 heavy (non-hydrogen) atoms. The van der Waals surface area contributed by atoms with Crippen molar-refractivity contribution in [3.8, 4) is 0 Å². The first-order valence-electron chi connectivity index (χ1n) is 5.81.